The summed E-state index contributed by atoms with van der Waals surface area (Å²) in [5, 5.41) is 3.47. The maximum absolute atomic E-state index is 5.40. The normalized spacial score (nSPS) is 16.8. The molecule has 0 aliphatic carbocycles. The Balaban J connectivity index is 1.63. The van der Waals surface area contributed by atoms with E-state index in [1.165, 1.54) is 30.6 Å². The van der Waals surface area contributed by atoms with Gasteiger partial charge in [0.1, 0.15) is 0 Å². The van der Waals surface area contributed by atoms with Crippen LogP contribution in [-0.4, -0.2) is 44.8 Å². The van der Waals surface area contributed by atoms with Crippen LogP contribution >= 0.6 is 0 Å². The van der Waals surface area contributed by atoms with Gasteiger partial charge in [-0.25, -0.2) is 0 Å². The van der Waals surface area contributed by atoms with Gasteiger partial charge in [-0.2, -0.15) is 0 Å². The largest absolute Gasteiger partial charge is 0.384 e. The second-order valence-corrected chi connectivity index (χ2v) is 5.61. The van der Waals surface area contributed by atoms with E-state index in [0.29, 0.717) is 0 Å². The van der Waals surface area contributed by atoms with E-state index in [4.69, 9.17) is 4.74 Å². The van der Waals surface area contributed by atoms with Crippen molar-refractivity contribution in [2.75, 3.05) is 45.2 Å². The molecule has 0 atom stereocenters. The van der Waals surface area contributed by atoms with Gasteiger partial charge in [-0.1, -0.05) is 17.7 Å². The summed E-state index contributed by atoms with van der Waals surface area (Å²) in [7, 11) is 2.21. The molecule has 2 rings (SSSR count). The second-order valence-electron chi connectivity index (χ2n) is 5.61. The first-order valence-electron chi connectivity index (χ1n) is 7.31. The van der Waals surface area contributed by atoms with Gasteiger partial charge in [0.25, 0.3) is 0 Å². The molecule has 0 unspecified atom stereocenters. The van der Waals surface area contributed by atoms with E-state index < -0.39 is 0 Å². The van der Waals surface area contributed by atoms with Crippen molar-refractivity contribution in [1.29, 1.82) is 0 Å². The zero-order valence-corrected chi connectivity index (χ0v) is 12.2. The monoisotopic (exact) mass is 262 g/mol. The molecular formula is C16H26N2O. The molecule has 0 amide bonds. The zero-order valence-electron chi connectivity index (χ0n) is 12.2. The molecule has 1 saturated heterocycles. The number of nitrogens with one attached hydrogen (secondary N) is 1. The Morgan fingerprint density at radius 1 is 1.21 bits per heavy atom. The van der Waals surface area contributed by atoms with E-state index in [1.807, 2.05) is 0 Å². The van der Waals surface area contributed by atoms with Gasteiger partial charge < -0.3 is 15.0 Å². The Kier molecular flexibility index (Phi) is 5.67. The molecule has 106 valence electrons. The minimum absolute atomic E-state index is 0.818. The molecule has 0 saturated carbocycles. The Hall–Kier alpha value is -1.06. The van der Waals surface area contributed by atoms with E-state index in [2.05, 4.69) is 48.5 Å². The van der Waals surface area contributed by atoms with E-state index in [-0.39, 0.29) is 0 Å². The third-order valence-corrected chi connectivity index (χ3v) is 3.78. The summed E-state index contributed by atoms with van der Waals surface area (Å²) in [4.78, 5) is 2.43. The molecule has 1 aliphatic heterocycles. The Morgan fingerprint density at radius 2 is 1.89 bits per heavy atom. The van der Waals surface area contributed by atoms with Crippen LogP contribution < -0.4 is 5.32 Å². The molecule has 0 spiro atoms. The Bertz CT molecular complexity index is 358. The maximum atomic E-state index is 5.40. The molecule has 1 aromatic rings. The molecule has 19 heavy (non-hydrogen) atoms. The van der Waals surface area contributed by atoms with Crippen LogP contribution in [0.15, 0.2) is 24.3 Å². The number of anilines is 1. The van der Waals surface area contributed by atoms with Crippen molar-refractivity contribution in [1.82, 2.24) is 4.90 Å². The summed E-state index contributed by atoms with van der Waals surface area (Å²) in [6.07, 6.45) is 2.44. The Labute approximate surface area is 116 Å². The summed E-state index contributed by atoms with van der Waals surface area (Å²) in [6.45, 7) is 7.29. The number of rotatable bonds is 6. The lowest BCUT2D eigenvalue weighted by molar-refractivity contribution is 0.0562. The van der Waals surface area contributed by atoms with Gasteiger partial charge in [-0.15, -0.1) is 0 Å². The van der Waals surface area contributed by atoms with Gasteiger partial charge in [0, 0.05) is 38.5 Å². The van der Waals surface area contributed by atoms with Gasteiger partial charge in [0.05, 0.1) is 0 Å². The lowest BCUT2D eigenvalue weighted by Gasteiger charge is -2.27. The van der Waals surface area contributed by atoms with Crippen LogP contribution in [-0.2, 0) is 4.74 Å². The van der Waals surface area contributed by atoms with Crippen molar-refractivity contribution in [3.63, 3.8) is 0 Å². The van der Waals surface area contributed by atoms with E-state index in [0.717, 1.165) is 32.2 Å². The van der Waals surface area contributed by atoms with Gasteiger partial charge in [0.15, 0.2) is 0 Å². The molecular weight excluding hydrogens is 236 g/mol. The summed E-state index contributed by atoms with van der Waals surface area (Å²) in [5.41, 5.74) is 2.52. The van der Waals surface area contributed by atoms with Gasteiger partial charge in [-0.05, 0) is 44.9 Å². The molecule has 1 heterocycles. The van der Waals surface area contributed by atoms with Crippen molar-refractivity contribution in [3.05, 3.63) is 29.8 Å². The van der Waals surface area contributed by atoms with Crippen molar-refractivity contribution >= 4 is 5.69 Å². The molecule has 3 heteroatoms. The molecule has 0 aromatic heterocycles. The summed E-state index contributed by atoms with van der Waals surface area (Å²) in [6, 6.07) is 8.59. The van der Waals surface area contributed by atoms with Crippen molar-refractivity contribution < 1.29 is 4.74 Å². The van der Waals surface area contributed by atoms with Crippen LogP contribution in [0.5, 0.6) is 0 Å². The third-order valence-electron chi connectivity index (χ3n) is 3.78. The number of ether oxygens (including phenoxy) is 1. The average molecular weight is 262 g/mol. The zero-order chi connectivity index (χ0) is 13.5. The predicted octanol–water partition coefficient (Wildman–Crippen LogP) is 2.77. The minimum atomic E-state index is 0.818. The van der Waals surface area contributed by atoms with Gasteiger partial charge in [-0.3, -0.25) is 0 Å². The number of benzene rings is 1. The van der Waals surface area contributed by atoms with Crippen LogP contribution in [0.3, 0.4) is 0 Å². The van der Waals surface area contributed by atoms with Gasteiger partial charge in [0.2, 0.25) is 0 Å². The van der Waals surface area contributed by atoms with Gasteiger partial charge >= 0.3 is 0 Å². The molecule has 1 N–H and O–H groups in total. The molecule has 3 nitrogen and oxygen atoms in total. The average Bonchev–Trinajstić information content (AvgIpc) is 2.42. The van der Waals surface area contributed by atoms with Crippen LogP contribution in [0.2, 0.25) is 0 Å². The molecule has 1 aromatic carbocycles. The van der Waals surface area contributed by atoms with Crippen molar-refractivity contribution in [3.8, 4) is 0 Å². The fourth-order valence-electron chi connectivity index (χ4n) is 2.52. The molecule has 1 fully saturated rings. The highest BCUT2D eigenvalue weighted by Crippen LogP contribution is 2.15. The van der Waals surface area contributed by atoms with E-state index in [9.17, 15) is 0 Å². The minimum Gasteiger partial charge on any atom is -0.384 e. The SMILES string of the molecule is Cc1ccc(NCCN(C)CC2CCOCC2)cc1. The topological polar surface area (TPSA) is 24.5 Å². The fraction of sp³-hybridized carbons (Fsp3) is 0.625. The first-order chi connectivity index (χ1) is 9.24. The predicted molar refractivity (Wildman–Crippen MR) is 80.7 cm³/mol. The van der Waals surface area contributed by atoms with Crippen molar-refractivity contribution in [2.45, 2.75) is 19.8 Å². The maximum Gasteiger partial charge on any atom is 0.0469 e. The van der Waals surface area contributed by atoms with Crippen LogP contribution in [0.25, 0.3) is 0 Å². The highest BCUT2D eigenvalue weighted by molar-refractivity contribution is 5.44. The summed E-state index contributed by atoms with van der Waals surface area (Å²) >= 11 is 0. The lowest BCUT2D eigenvalue weighted by atomic mass is 10.00. The molecule has 0 bridgehead atoms. The lowest BCUT2D eigenvalue weighted by Crippen LogP contribution is -2.32. The summed E-state index contributed by atoms with van der Waals surface area (Å²) < 4.78 is 5.40. The van der Waals surface area contributed by atoms with Crippen LogP contribution in [0.4, 0.5) is 5.69 Å². The standard InChI is InChI=1S/C16H26N2O/c1-14-3-5-16(6-4-14)17-9-10-18(2)13-15-7-11-19-12-8-15/h3-6,15,17H,7-13H2,1-2H3. The fourth-order valence-corrected chi connectivity index (χ4v) is 2.52. The number of likely N-dealkylation sites (N-methyl/N-ethyl adjacent to an activating group) is 1. The van der Waals surface area contributed by atoms with E-state index >= 15 is 0 Å². The number of aryl methyl sites for hydroxylation is 1. The number of hydrogen-bond acceptors (Lipinski definition) is 3. The molecule has 1 aliphatic rings. The molecule has 0 radical (unpaired) electrons. The summed E-state index contributed by atoms with van der Waals surface area (Å²) in [5.74, 6) is 0.818. The number of nitrogens with zero attached hydrogens (tertiary/aromatic N) is 1. The van der Waals surface area contributed by atoms with Crippen LogP contribution in [0.1, 0.15) is 18.4 Å². The Morgan fingerprint density at radius 3 is 2.58 bits per heavy atom. The highest BCUT2D eigenvalue weighted by Gasteiger charge is 2.15. The second kappa shape index (κ2) is 7.51. The van der Waals surface area contributed by atoms with Crippen molar-refractivity contribution in [2.24, 2.45) is 5.92 Å². The third kappa shape index (κ3) is 5.21. The smallest absolute Gasteiger partial charge is 0.0469 e. The number of hydrogen-bond donors (Lipinski definition) is 1. The van der Waals surface area contributed by atoms with Crippen LogP contribution in [0, 0.1) is 12.8 Å². The quantitative estimate of drug-likeness (QED) is 0.853. The van der Waals surface area contributed by atoms with E-state index in [1.54, 1.807) is 0 Å². The highest BCUT2D eigenvalue weighted by atomic mass is 16.5. The first kappa shape index (κ1) is 14.4. The first-order valence-corrected chi connectivity index (χ1v) is 7.31.